The first-order chi connectivity index (χ1) is 22.2. The van der Waals surface area contributed by atoms with Crippen LogP contribution in [0, 0.1) is 6.92 Å². The Morgan fingerprint density at radius 1 is 0.848 bits per heavy atom. The largest absolute Gasteiger partial charge is 0.488 e. The zero-order valence-corrected chi connectivity index (χ0v) is 26.4. The molecule has 5 rings (SSSR count). The van der Waals surface area contributed by atoms with Crippen molar-refractivity contribution < 1.29 is 23.1 Å². The second-order valence-electron chi connectivity index (χ2n) is 11.1. The monoisotopic (exact) mass is 635 g/mol. The van der Waals surface area contributed by atoms with Crippen LogP contribution in [0.3, 0.4) is 0 Å². The molecule has 4 aromatic carbocycles. The Balaban J connectivity index is 1.25. The summed E-state index contributed by atoms with van der Waals surface area (Å²) in [6, 6.07) is 33.7. The molecule has 4 N–H and O–H groups in total. The van der Waals surface area contributed by atoms with Crippen molar-refractivity contribution in [3.63, 3.8) is 0 Å². The van der Waals surface area contributed by atoms with Crippen LogP contribution in [0.15, 0.2) is 131 Å². The molecule has 0 spiro atoms. The van der Waals surface area contributed by atoms with Crippen LogP contribution in [0.2, 0.25) is 0 Å². The predicted molar refractivity (Wildman–Crippen MR) is 177 cm³/mol. The molecule has 1 unspecified atom stereocenters. The van der Waals surface area contributed by atoms with Crippen LogP contribution in [-0.4, -0.2) is 37.0 Å². The number of pyridine rings is 1. The average Bonchev–Trinajstić information content (AvgIpc) is 3.08. The number of rotatable bonds is 14. The number of primary amides is 1. The maximum Gasteiger partial charge on any atom is 0.252 e. The van der Waals surface area contributed by atoms with Gasteiger partial charge in [0.25, 0.3) is 5.91 Å². The van der Waals surface area contributed by atoms with Crippen molar-refractivity contribution in [1.82, 2.24) is 10.3 Å². The predicted octanol–water partition coefficient (Wildman–Crippen LogP) is 5.38. The summed E-state index contributed by atoms with van der Waals surface area (Å²) < 4.78 is 32.7. The Hall–Kier alpha value is -4.83. The number of nitrogens with one attached hydrogen (secondary N) is 1. The number of carbonyl (C=O) groups excluding carboxylic acids is 1. The summed E-state index contributed by atoms with van der Waals surface area (Å²) in [5.74, 6) is -0.565. The van der Waals surface area contributed by atoms with Crippen LogP contribution in [-0.2, 0) is 29.3 Å². The highest BCUT2D eigenvalue weighted by atomic mass is 32.2. The topological polar surface area (TPSA) is 132 Å². The quantitative estimate of drug-likeness (QED) is 0.149. The summed E-state index contributed by atoms with van der Waals surface area (Å²) >= 11 is 0. The van der Waals surface area contributed by atoms with Crippen LogP contribution < -0.4 is 15.8 Å². The Bertz CT molecular complexity index is 1850. The molecule has 1 aromatic heterocycles. The van der Waals surface area contributed by atoms with Gasteiger partial charge in [0.2, 0.25) is 9.84 Å². The third-order valence-electron chi connectivity index (χ3n) is 7.77. The second-order valence-corrected chi connectivity index (χ2v) is 13.1. The molecule has 0 radical (unpaired) electrons. The molecule has 1 heterocycles. The fourth-order valence-corrected chi connectivity index (χ4v) is 6.44. The molecule has 0 saturated heterocycles. The highest BCUT2D eigenvalue weighted by molar-refractivity contribution is 7.91. The minimum Gasteiger partial charge on any atom is -0.488 e. The molecule has 46 heavy (non-hydrogen) atoms. The number of benzene rings is 4. The van der Waals surface area contributed by atoms with Crippen molar-refractivity contribution in [2.45, 2.75) is 48.3 Å². The van der Waals surface area contributed by atoms with Crippen LogP contribution in [0.1, 0.15) is 44.4 Å². The minimum absolute atomic E-state index is 0.00614. The van der Waals surface area contributed by atoms with Crippen molar-refractivity contribution in [1.29, 1.82) is 0 Å². The summed E-state index contributed by atoms with van der Waals surface area (Å²) in [6.45, 7) is 2.68. The van der Waals surface area contributed by atoms with E-state index in [1.807, 2.05) is 79.7 Å². The van der Waals surface area contributed by atoms with E-state index in [9.17, 15) is 18.3 Å². The number of nitrogens with two attached hydrogens (primary N) is 1. The van der Waals surface area contributed by atoms with Gasteiger partial charge >= 0.3 is 0 Å². The molecule has 8 nitrogen and oxygen atoms in total. The molecule has 1 amide bonds. The summed E-state index contributed by atoms with van der Waals surface area (Å²) in [5.41, 5.74) is 10.1. The first kappa shape index (κ1) is 32.6. The van der Waals surface area contributed by atoms with E-state index >= 15 is 0 Å². The van der Waals surface area contributed by atoms with Crippen molar-refractivity contribution in [2.75, 3.05) is 6.54 Å². The van der Waals surface area contributed by atoms with Crippen LogP contribution in [0.25, 0.3) is 0 Å². The number of aliphatic hydroxyl groups excluding tert-OH is 1. The molecular weight excluding hydrogens is 598 g/mol. The highest BCUT2D eigenvalue weighted by Gasteiger charge is 2.23. The van der Waals surface area contributed by atoms with E-state index in [0.717, 1.165) is 27.9 Å². The van der Waals surface area contributed by atoms with Crippen LogP contribution >= 0.6 is 0 Å². The smallest absolute Gasteiger partial charge is 0.252 e. The maximum absolute atomic E-state index is 13.5. The molecule has 236 valence electrons. The van der Waals surface area contributed by atoms with Gasteiger partial charge < -0.3 is 20.9 Å². The van der Waals surface area contributed by atoms with Crippen molar-refractivity contribution in [2.24, 2.45) is 5.73 Å². The molecule has 0 saturated carbocycles. The van der Waals surface area contributed by atoms with Gasteiger partial charge in [0.15, 0.2) is 0 Å². The van der Waals surface area contributed by atoms with Gasteiger partial charge in [0.1, 0.15) is 12.4 Å². The molecule has 2 atom stereocenters. The van der Waals surface area contributed by atoms with Gasteiger partial charge in [0.05, 0.1) is 21.5 Å². The molecule has 0 aliphatic carbocycles. The lowest BCUT2D eigenvalue weighted by Gasteiger charge is -2.25. The van der Waals surface area contributed by atoms with E-state index in [1.54, 1.807) is 30.5 Å². The normalized spacial score (nSPS) is 12.7. The summed E-state index contributed by atoms with van der Waals surface area (Å²) in [4.78, 5) is 16.6. The van der Waals surface area contributed by atoms with Crippen LogP contribution in [0.5, 0.6) is 5.75 Å². The number of ether oxygens (including phenoxy) is 1. The average molecular weight is 636 g/mol. The van der Waals surface area contributed by atoms with Gasteiger partial charge in [-0.2, -0.15) is 0 Å². The van der Waals surface area contributed by atoms with Gasteiger partial charge in [-0.25, -0.2) is 8.42 Å². The van der Waals surface area contributed by atoms with Crippen molar-refractivity contribution in [3.05, 3.63) is 155 Å². The van der Waals surface area contributed by atoms with Crippen LogP contribution in [0.4, 0.5) is 0 Å². The SMILES string of the molecule is Cc1ccc([C@@H](O)C(Cc2ccccc2)NCCc2ccc(S(=O)(=O)c3ccc(OCc4ccccc4)c(C(N)=O)c3)cc2)cn1. The van der Waals surface area contributed by atoms with Gasteiger partial charge in [-0.05, 0) is 79.4 Å². The lowest BCUT2D eigenvalue weighted by atomic mass is 9.96. The first-order valence-electron chi connectivity index (χ1n) is 15.0. The molecule has 0 aliphatic heterocycles. The van der Waals surface area contributed by atoms with Crippen molar-refractivity contribution in [3.8, 4) is 5.75 Å². The summed E-state index contributed by atoms with van der Waals surface area (Å²) in [5, 5.41) is 14.7. The molecule has 0 fully saturated rings. The molecule has 5 aromatic rings. The summed E-state index contributed by atoms with van der Waals surface area (Å²) in [6.07, 6.45) is 2.18. The highest BCUT2D eigenvalue weighted by Crippen LogP contribution is 2.28. The standard InChI is InChI=1S/C37H37N3O5S/c1-26-12-15-30(24-40-26)36(41)34(22-28-8-4-2-5-9-28)39-21-20-27-13-16-31(17-14-27)46(43,44)32-18-19-35(33(23-32)37(38)42)45-25-29-10-6-3-7-11-29/h2-19,23-24,34,36,39,41H,20-22,25H2,1H3,(H2,38,42)/t34?,36-/m1/s1. The lowest BCUT2D eigenvalue weighted by Crippen LogP contribution is -2.38. The molecule has 9 heteroatoms. The maximum atomic E-state index is 13.5. The number of carbonyl (C=O) groups is 1. The number of amides is 1. The van der Waals surface area contributed by atoms with E-state index in [4.69, 9.17) is 10.5 Å². The summed E-state index contributed by atoms with van der Waals surface area (Å²) in [7, 11) is -3.93. The molecule has 0 bridgehead atoms. The Labute approximate surface area is 269 Å². The van der Waals surface area contributed by atoms with E-state index < -0.39 is 21.8 Å². The Morgan fingerprint density at radius 2 is 1.50 bits per heavy atom. The number of aryl methyl sites for hydroxylation is 1. The third kappa shape index (κ3) is 8.25. The lowest BCUT2D eigenvalue weighted by molar-refractivity contribution is 0.0995. The van der Waals surface area contributed by atoms with E-state index in [1.165, 1.54) is 18.2 Å². The number of aromatic nitrogens is 1. The van der Waals surface area contributed by atoms with E-state index in [2.05, 4.69) is 10.3 Å². The van der Waals surface area contributed by atoms with Gasteiger partial charge in [-0.15, -0.1) is 0 Å². The fourth-order valence-electron chi connectivity index (χ4n) is 5.15. The van der Waals surface area contributed by atoms with Gasteiger partial charge in [-0.1, -0.05) is 78.9 Å². The molecule has 0 aliphatic rings. The number of hydrogen-bond donors (Lipinski definition) is 3. The number of aliphatic hydroxyl groups is 1. The Kier molecular flexibility index (Phi) is 10.6. The number of hydrogen-bond acceptors (Lipinski definition) is 7. The van der Waals surface area contributed by atoms with E-state index in [0.29, 0.717) is 19.4 Å². The number of sulfone groups is 1. The Morgan fingerprint density at radius 3 is 2.13 bits per heavy atom. The third-order valence-corrected chi connectivity index (χ3v) is 9.54. The molecular formula is C37H37N3O5S. The van der Waals surface area contributed by atoms with E-state index in [-0.39, 0.29) is 33.8 Å². The minimum atomic E-state index is -3.93. The van der Waals surface area contributed by atoms with Gasteiger partial charge in [0, 0.05) is 23.5 Å². The van der Waals surface area contributed by atoms with Gasteiger partial charge in [-0.3, -0.25) is 9.78 Å². The zero-order valence-electron chi connectivity index (χ0n) is 25.5. The first-order valence-corrected chi connectivity index (χ1v) is 16.5. The zero-order chi connectivity index (χ0) is 32.5. The second kappa shape index (κ2) is 15.0. The fraction of sp³-hybridized carbons (Fsp3) is 0.189. The number of nitrogens with zero attached hydrogens (tertiary/aromatic N) is 1. The van der Waals surface area contributed by atoms with Crippen molar-refractivity contribution >= 4 is 15.7 Å².